The van der Waals surface area contributed by atoms with Gasteiger partial charge in [-0.15, -0.1) is 0 Å². The Labute approximate surface area is 127 Å². The molecule has 7 nitrogen and oxygen atoms in total. The highest BCUT2D eigenvalue weighted by atomic mass is 16.5. The molecule has 1 aromatic rings. The number of hydrogen-bond donors (Lipinski definition) is 2. The van der Waals surface area contributed by atoms with Crippen LogP contribution in [-0.4, -0.2) is 51.1 Å². The van der Waals surface area contributed by atoms with Crippen LogP contribution >= 0.6 is 0 Å². The molecule has 0 aliphatic rings. The van der Waals surface area contributed by atoms with E-state index in [1.807, 2.05) is 13.8 Å². The van der Waals surface area contributed by atoms with Crippen LogP contribution in [0.4, 0.5) is 11.9 Å². The Kier molecular flexibility index (Phi) is 6.61. The first-order chi connectivity index (χ1) is 9.79. The van der Waals surface area contributed by atoms with Crippen molar-refractivity contribution in [2.24, 2.45) is 0 Å². The summed E-state index contributed by atoms with van der Waals surface area (Å²) >= 11 is 0. The molecule has 0 amide bonds. The lowest BCUT2D eigenvalue weighted by Gasteiger charge is -2.30. The Bertz CT molecular complexity index is 427. The third kappa shape index (κ3) is 6.12. The maximum atomic E-state index is 5.67. The lowest BCUT2D eigenvalue weighted by Crippen LogP contribution is -2.40. The molecule has 0 atom stereocenters. The molecule has 0 fully saturated rings. The van der Waals surface area contributed by atoms with Crippen molar-refractivity contribution in [3.63, 3.8) is 0 Å². The number of rotatable bonds is 8. The molecule has 3 N–H and O–H groups in total. The average Bonchev–Trinajstić information content (AvgIpc) is 2.31. The second-order valence-corrected chi connectivity index (χ2v) is 5.82. The Morgan fingerprint density at radius 3 is 2.19 bits per heavy atom. The first-order valence-corrected chi connectivity index (χ1v) is 7.47. The van der Waals surface area contributed by atoms with Crippen LogP contribution in [0.15, 0.2) is 0 Å². The molecule has 0 aliphatic carbocycles. The van der Waals surface area contributed by atoms with Gasteiger partial charge >= 0.3 is 6.01 Å². The molecule has 0 aliphatic heterocycles. The third-order valence-corrected chi connectivity index (χ3v) is 2.95. The summed E-state index contributed by atoms with van der Waals surface area (Å²) in [5.74, 6) is 0.610. The second kappa shape index (κ2) is 7.97. The van der Waals surface area contributed by atoms with E-state index in [4.69, 9.17) is 10.5 Å². The zero-order valence-electron chi connectivity index (χ0n) is 13.9. The number of ether oxygens (including phenoxy) is 1. The first-order valence-electron chi connectivity index (χ1n) is 7.47. The Hall–Kier alpha value is -1.63. The topological polar surface area (TPSA) is 89.2 Å². The predicted molar refractivity (Wildman–Crippen MR) is 85.5 cm³/mol. The van der Waals surface area contributed by atoms with Gasteiger partial charge in [-0.05, 0) is 41.5 Å². The van der Waals surface area contributed by atoms with Crippen LogP contribution in [0.25, 0.3) is 0 Å². The van der Waals surface area contributed by atoms with Crippen LogP contribution in [0, 0.1) is 0 Å². The van der Waals surface area contributed by atoms with Crippen molar-refractivity contribution >= 4 is 11.9 Å². The number of nitrogen functional groups attached to an aromatic ring is 1. The highest BCUT2D eigenvalue weighted by Gasteiger charge is 2.13. The largest absolute Gasteiger partial charge is 0.461 e. The van der Waals surface area contributed by atoms with Crippen molar-refractivity contribution in [1.82, 2.24) is 19.9 Å². The van der Waals surface area contributed by atoms with Crippen molar-refractivity contribution in [1.29, 1.82) is 0 Å². The number of nitrogens with zero attached hydrogens (tertiary/aromatic N) is 4. The van der Waals surface area contributed by atoms with E-state index in [1.54, 1.807) is 0 Å². The summed E-state index contributed by atoms with van der Waals surface area (Å²) in [6.45, 7) is 14.2. The number of hydrogen-bond acceptors (Lipinski definition) is 7. The Morgan fingerprint density at radius 2 is 1.67 bits per heavy atom. The van der Waals surface area contributed by atoms with Gasteiger partial charge in [-0.1, -0.05) is 0 Å². The summed E-state index contributed by atoms with van der Waals surface area (Å²) in [5, 5.41) is 3.18. The highest BCUT2D eigenvalue weighted by Crippen LogP contribution is 2.10. The molecule has 1 aromatic heterocycles. The lowest BCUT2D eigenvalue weighted by atomic mass is 10.2. The zero-order chi connectivity index (χ0) is 16.0. The van der Waals surface area contributed by atoms with Gasteiger partial charge in [0.1, 0.15) is 0 Å². The predicted octanol–water partition coefficient (Wildman–Crippen LogP) is 1.77. The molecule has 0 saturated carbocycles. The normalized spacial score (nSPS) is 11.7. The van der Waals surface area contributed by atoms with E-state index in [9.17, 15) is 0 Å². The molecule has 0 unspecified atom stereocenters. The highest BCUT2D eigenvalue weighted by molar-refractivity contribution is 5.32. The Morgan fingerprint density at radius 1 is 1.05 bits per heavy atom. The fraction of sp³-hybridized carbons (Fsp3) is 0.786. The van der Waals surface area contributed by atoms with E-state index in [0.717, 1.165) is 13.1 Å². The standard InChI is InChI=1S/C14H28N6O/c1-9(2)20(10(3)4)8-7-16-13-17-12(15)18-14(19-13)21-11(5)6/h9-11H,7-8H2,1-6H3,(H3,15,16,17,18,19). The van der Waals surface area contributed by atoms with Crippen LogP contribution in [0.3, 0.4) is 0 Å². The fourth-order valence-electron chi connectivity index (χ4n) is 2.12. The quantitative estimate of drug-likeness (QED) is 0.755. The maximum Gasteiger partial charge on any atom is 0.323 e. The molecule has 7 heteroatoms. The number of anilines is 2. The summed E-state index contributed by atoms with van der Waals surface area (Å²) in [6.07, 6.45) is -0.00276. The number of aromatic nitrogens is 3. The molecular formula is C14H28N6O. The molecule has 120 valence electrons. The van der Waals surface area contributed by atoms with E-state index in [0.29, 0.717) is 18.0 Å². The van der Waals surface area contributed by atoms with Gasteiger partial charge in [0, 0.05) is 25.2 Å². The monoisotopic (exact) mass is 296 g/mol. The van der Waals surface area contributed by atoms with Crippen molar-refractivity contribution in [2.75, 3.05) is 24.1 Å². The van der Waals surface area contributed by atoms with E-state index < -0.39 is 0 Å². The van der Waals surface area contributed by atoms with E-state index in [2.05, 4.69) is 52.9 Å². The molecule has 0 aromatic carbocycles. The van der Waals surface area contributed by atoms with Gasteiger partial charge in [-0.25, -0.2) is 0 Å². The average molecular weight is 296 g/mol. The minimum atomic E-state index is -0.00276. The first kappa shape index (κ1) is 17.4. The van der Waals surface area contributed by atoms with Crippen LogP contribution in [0.5, 0.6) is 6.01 Å². The van der Waals surface area contributed by atoms with Crippen molar-refractivity contribution < 1.29 is 4.74 Å². The number of nitrogens with two attached hydrogens (primary N) is 1. The van der Waals surface area contributed by atoms with Crippen molar-refractivity contribution in [3.8, 4) is 6.01 Å². The molecule has 0 spiro atoms. The summed E-state index contributed by atoms with van der Waals surface area (Å²) in [5.41, 5.74) is 5.67. The van der Waals surface area contributed by atoms with Crippen molar-refractivity contribution in [3.05, 3.63) is 0 Å². The third-order valence-electron chi connectivity index (χ3n) is 2.95. The SMILES string of the molecule is CC(C)Oc1nc(N)nc(NCCN(C(C)C)C(C)C)n1. The summed E-state index contributed by atoms with van der Waals surface area (Å²) in [4.78, 5) is 14.6. The molecule has 1 heterocycles. The molecule has 0 saturated heterocycles. The fourth-order valence-corrected chi connectivity index (χ4v) is 2.12. The molecule has 21 heavy (non-hydrogen) atoms. The molecule has 0 bridgehead atoms. The van der Waals surface area contributed by atoms with Crippen LogP contribution < -0.4 is 15.8 Å². The van der Waals surface area contributed by atoms with Gasteiger partial charge in [-0.2, -0.15) is 15.0 Å². The Balaban J connectivity index is 2.60. The minimum Gasteiger partial charge on any atom is -0.461 e. The summed E-state index contributed by atoms with van der Waals surface area (Å²) < 4.78 is 5.45. The van der Waals surface area contributed by atoms with Crippen LogP contribution in [0.2, 0.25) is 0 Å². The van der Waals surface area contributed by atoms with Gasteiger partial charge in [0.05, 0.1) is 6.10 Å². The van der Waals surface area contributed by atoms with Gasteiger partial charge in [0.15, 0.2) is 0 Å². The summed E-state index contributed by atoms with van der Waals surface area (Å²) in [6, 6.07) is 1.25. The van der Waals surface area contributed by atoms with Gasteiger partial charge in [-0.3, -0.25) is 4.90 Å². The molecule has 1 rings (SSSR count). The van der Waals surface area contributed by atoms with E-state index in [-0.39, 0.29) is 18.1 Å². The van der Waals surface area contributed by atoms with Gasteiger partial charge < -0.3 is 15.8 Å². The van der Waals surface area contributed by atoms with E-state index in [1.165, 1.54) is 0 Å². The smallest absolute Gasteiger partial charge is 0.323 e. The maximum absolute atomic E-state index is 5.67. The number of nitrogens with one attached hydrogen (secondary N) is 1. The lowest BCUT2D eigenvalue weighted by molar-refractivity contribution is 0.182. The van der Waals surface area contributed by atoms with E-state index >= 15 is 0 Å². The summed E-state index contributed by atoms with van der Waals surface area (Å²) in [7, 11) is 0. The van der Waals surface area contributed by atoms with Gasteiger partial charge in [0.2, 0.25) is 11.9 Å². The van der Waals surface area contributed by atoms with Crippen LogP contribution in [0.1, 0.15) is 41.5 Å². The second-order valence-electron chi connectivity index (χ2n) is 5.82. The zero-order valence-corrected chi connectivity index (χ0v) is 13.9. The molecular weight excluding hydrogens is 268 g/mol. The minimum absolute atomic E-state index is 0.00276. The van der Waals surface area contributed by atoms with Gasteiger partial charge in [0.25, 0.3) is 0 Å². The molecule has 0 radical (unpaired) electrons. The van der Waals surface area contributed by atoms with Crippen LogP contribution in [-0.2, 0) is 0 Å². The van der Waals surface area contributed by atoms with Crippen molar-refractivity contribution in [2.45, 2.75) is 59.7 Å².